The van der Waals surface area contributed by atoms with Gasteiger partial charge >= 0.3 is 6.09 Å². The third-order valence-corrected chi connectivity index (χ3v) is 2.81. The molecule has 2 rings (SSSR count). The van der Waals surface area contributed by atoms with Crippen molar-refractivity contribution in [1.82, 2.24) is 10.2 Å². The van der Waals surface area contributed by atoms with Crippen LogP contribution in [0, 0.1) is 0 Å². The number of aromatic amines is 1. The monoisotopic (exact) mass is 287 g/mol. The van der Waals surface area contributed by atoms with E-state index in [1.165, 1.54) is 6.07 Å². The Morgan fingerprint density at radius 2 is 2.19 bits per heavy atom. The lowest BCUT2D eigenvalue weighted by molar-refractivity contribution is 0.160. The zero-order valence-electron chi connectivity index (χ0n) is 11.8. The van der Waals surface area contributed by atoms with Crippen LogP contribution in [0.2, 0.25) is 0 Å². The Bertz CT molecular complexity index is 647. The van der Waals surface area contributed by atoms with Crippen molar-refractivity contribution in [2.45, 2.75) is 19.8 Å². The standard InChI is InChI=1S/C15H17N3O3/c1-2-3-9-21-15(20)16-12-6-4-5-11(10-12)13-7-8-14(19)18-17-13/h4-8,10H,2-3,9H2,1H3,(H,16,20)(H,18,19). The lowest BCUT2D eigenvalue weighted by Crippen LogP contribution is -2.14. The van der Waals surface area contributed by atoms with E-state index in [2.05, 4.69) is 15.5 Å². The third kappa shape index (κ3) is 4.45. The molecule has 2 aromatic rings. The first-order valence-corrected chi connectivity index (χ1v) is 6.79. The van der Waals surface area contributed by atoms with Gasteiger partial charge in [0.2, 0.25) is 0 Å². The van der Waals surface area contributed by atoms with Crippen LogP contribution >= 0.6 is 0 Å². The molecule has 0 bridgehead atoms. The lowest BCUT2D eigenvalue weighted by atomic mass is 10.1. The molecule has 1 heterocycles. The van der Waals surface area contributed by atoms with Gasteiger partial charge in [-0.15, -0.1) is 0 Å². The molecule has 1 aromatic heterocycles. The highest BCUT2D eigenvalue weighted by Crippen LogP contribution is 2.19. The predicted molar refractivity (Wildman–Crippen MR) is 80.2 cm³/mol. The molecule has 0 saturated heterocycles. The summed E-state index contributed by atoms with van der Waals surface area (Å²) in [6, 6.07) is 10.2. The fourth-order valence-electron chi connectivity index (χ4n) is 1.72. The fourth-order valence-corrected chi connectivity index (χ4v) is 1.72. The zero-order valence-corrected chi connectivity index (χ0v) is 11.8. The van der Waals surface area contributed by atoms with E-state index in [0.29, 0.717) is 18.0 Å². The van der Waals surface area contributed by atoms with Gasteiger partial charge in [0.15, 0.2) is 0 Å². The number of nitrogens with zero attached hydrogens (tertiary/aromatic N) is 1. The third-order valence-electron chi connectivity index (χ3n) is 2.81. The van der Waals surface area contributed by atoms with E-state index in [1.807, 2.05) is 13.0 Å². The Kier molecular flexibility index (Phi) is 5.09. The van der Waals surface area contributed by atoms with E-state index in [1.54, 1.807) is 24.3 Å². The fraction of sp³-hybridized carbons (Fsp3) is 0.267. The molecule has 6 nitrogen and oxygen atoms in total. The maximum Gasteiger partial charge on any atom is 0.411 e. The smallest absolute Gasteiger partial charge is 0.411 e. The Labute approximate surface area is 122 Å². The van der Waals surface area contributed by atoms with E-state index < -0.39 is 6.09 Å². The molecule has 1 amide bonds. The number of anilines is 1. The van der Waals surface area contributed by atoms with Gasteiger partial charge in [-0.2, -0.15) is 5.10 Å². The number of carbonyl (C=O) groups excluding carboxylic acids is 1. The number of rotatable bonds is 5. The van der Waals surface area contributed by atoms with Crippen molar-refractivity contribution in [1.29, 1.82) is 0 Å². The molecule has 0 aliphatic carbocycles. The molecular weight excluding hydrogens is 270 g/mol. The minimum absolute atomic E-state index is 0.257. The molecule has 110 valence electrons. The van der Waals surface area contributed by atoms with Gasteiger partial charge in [0.25, 0.3) is 5.56 Å². The summed E-state index contributed by atoms with van der Waals surface area (Å²) in [6.07, 6.45) is 1.34. The number of ether oxygens (including phenoxy) is 1. The summed E-state index contributed by atoms with van der Waals surface area (Å²) in [5, 5.41) is 8.98. The van der Waals surface area contributed by atoms with Crippen LogP contribution in [0.25, 0.3) is 11.3 Å². The van der Waals surface area contributed by atoms with E-state index in [-0.39, 0.29) is 5.56 Å². The van der Waals surface area contributed by atoms with Gasteiger partial charge in [-0.05, 0) is 24.6 Å². The van der Waals surface area contributed by atoms with E-state index in [9.17, 15) is 9.59 Å². The van der Waals surface area contributed by atoms with Gasteiger partial charge in [-0.3, -0.25) is 10.1 Å². The molecule has 6 heteroatoms. The summed E-state index contributed by atoms with van der Waals surface area (Å²) in [5.41, 5.74) is 1.77. The van der Waals surface area contributed by atoms with Crippen molar-refractivity contribution in [3.8, 4) is 11.3 Å². The minimum atomic E-state index is -0.477. The molecule has 0 saturated carbocycles. The molecule has 0 aliphatic rings. The van der Waals surface area contributed by atoms with Crippen LogP contribution in [0.3, 0.4) is 0 Å². The topological polar surface area (TPSA) is 84.1 Å². The molecule has 2 N–H and O–H groups in total. The summed E-state index contributed by atoms with van der Waals surface area (Å²) in [4.78, 5) is 22.6. The Morgan fingerprint density at radius 1 is 1.33 bits per heavy atom. The highest BCUT2D eigenvalue weighted by Gasteiger charge is 2.05. The van der Waals surface area contributed by atoms with Crippen molar-refractivity contribution in [3.05, 3.63) is 46.8 Å². The summed E-state index contributed by atoms with van der Waals surface area (Å²) < 4.78 is 5.03. The maximum atomic E-state index is 11.6. The van der Waals surface area contributed by atoms with Gasteiger partial charge in [0.05, 0.1) is 12.3 Å². The largest absolute Gasteiger partial charge is 0.449 e. The first-order valence-electron chi connectivity index (χ1n) is 6.79. The predicted octanol–water partition coefficient (Wildman–Crippen LogP) is 2.79. The number of nitrogens with one attached hydrogen (secondary N) is 2. The second kappa shape index (κ2) is 7.23. The average Bonchev–Trinajstić information content (AvgIpc) is 2.48. The highest BCUT2D eigenvalue weighted by molar-refractivity contribution is 5.85. The molecule has 0 unspecified atom stereocenters. The van der Waals surface area contributed by atoms with Crippen molar-refractivity contribution in [2.24, 2.45) is 0 Å². The van der Waals surface area contributed by atoms with Gasteiger partial charge in [0.1, 0.15) is 0 Å². The molecule has 0 radical (unpaired) electrons. The summed E-state index contributed by atoms with van der Waals surface area (Å²) in [7, 11) is 0. The van der Waals surface area contributed by atoms with Crippen molar-refractivity contribution in [3.63, 3.8) is 0 Å². The zero-order chi connectivity index (χ0) is 15.1. The number of benzene rings is 1. The molecule has 0 fully saturated rings. The molecule has 21 heavy (non-hydrogen) atoms. The van der Waals surface area contributed by atoms with Crippen LogP contribution in [-0.2, 0) is 4.74 Å². The number of aromatic nitrogens is 2. The molecule has 0 spiro atoms. The van der Waals surface area contributed by atoms with Crippen LogP contribution in [-0.4, -0.2) is 22.9 Å². The molecular formula is C15H17N3O3. The lowest BCUT2D eigenvalue weighted by Gasteiger charge is -2.07. The van der Waals surface area contributed by atoms with Crippen molar-refractivity contribution < 1.29 is 9.53 Å². The SMILES string of the molecule is CCCCOC(=O)Nc1cccc(-c2ccc(=O)[nH]n2)c1. The van der Waals surface area contributed by atoms with Gasteiger partial charge < -0.3 is 4.74 Å². The summed E-state index contributed by atoms with van der Waals surface area (Å²) >= 11 is 0. The Morgan fingerprint density at radius 3 is 2.90 bits per heavy atom. The first-order chi connectivity index (χ1) is 10.2. The van der Waals surface area contributed by atoms with Crippen LogP contribution in [0.1, 0.15) is 19.8 Å². The Hall–Kier alpha value is -2.63. The second-order valence-electron chi connectivity index (χ2n) is 4.50. The first kappa shape index (κ1) is 14.8. The highest BCUT2D eigenvalue weighted by atomic mass is 16.5. The van der Waals surface area contributed by atoms with E-state index >= 15 is 0 Å². The van der Waals surface area contributed by atoms with Crippen molar-refractivity contribution in [2.75, 3.05) is 11.9 Å². The van der Waals surface area contributed by atoms with E-state index in [0.717, 1.165) is 18.4 Å². The number of hydrogen-bond acceptors (Lipinski definition) is 4. The maximum absolute atomic E-state index is 11.6. The minimum Gasteiger partial charge on any atom is -0.449 e. The van der Waals surface area contributed by atoms with Crippen molar-refractivity contribution >= 4 is 11.8 Å². The number of unbranched alkanes of at least 4 members (excludes halogenated alkanes) is 1. The number of H-pyrrole nitrogens is 1. The molecule has 0 aliphatic heterocycles. The number of carbonyl (C=O) groups is 1. The average molecular weight is 287 g/mol. The number of amides is 1. The normalized spacial score (nSPS) is 10.1. The molecule has 1 aromatic carbocycles. The second-order valence-corrected chi connectivity index (χ2v) is 4.50. The van der Waals surface area contributed by atoms with Crippen LogP contribution in [0.4, 0.5) is 10.5 Å². The van der Waals surface area contributed by atoms with Crippen LogP contribution in [0.5, 0.6) is 0 Å². The summed E-state index contributed by atoms with van der Waals surface area (Å²) in [5.74, 6) is 0. The Balaban J connectivity index is 2.05. The van der Waals surface area contributed by atoms with Gasteiger partial charge in [0, 0.05) is 17.3 Å². The summed E-state index contributed by atoms with van der Waals surface area (Å²) in [6.45, 7) is 2.44. The van der Waals surface area contributed by atoms with Crippen LogP contribution < -0.4 is 10.9 Å². The molecule has 0 atom stereocenters. The number of hydrogen-bond donors (Lipinski definition) is 2. The quantitative estimate of drug-likeness (QED) is 0.828. The van der Waals surface area contributed by atoms with Gasteiger partial charge in [-0.1, -0.05) is 25.5 Å². The van der Waals surface area contributed by atoms with E-state index in [4.69, 9.17) is 4.74 Å². The van der Waals surface area contributed by atoms with Crippen LogP contribution in [0.15, 0.2) is 41.2 Å². The van der Waals surface area contributed by atoms with Gasteiger partial charge in [-0.25, -0.2) is 9.89 Å².